The number of nitrogen functional groups attached to an aromatic ring is 1. The first-order valence-electron chi connectivity index (χ1n) is 18.9. The highest BCUT2D eigenvalue weighted by atomic mass is 16.6. The monoisotopic (exact) mass is 811 g/mol. The third-order valence-corrected chi connectivity index (χ3v) is 9.65. The standard InChI is InChI=1S/C10H8N2O3.C10H10N2O.C10H9NO.C9H7NO.C9H7N/c1-11-9-4-3-8(12(14)15)6-7(9)2-5-10(11)13;1-12-9-4-3-8(11)6-7(9)2-5-10(12)13;1-11-9-5-3-2-4-8(9)6-7-10(11)12;11-9-6-5-7-3-1-2-4-8(7)10-9;1-2-6-9-8(4-1)5-3-7-10-9/h2-6H,1H3;2-6H,11H2,1H3;2-7H,1H3;1-6H,(H,10,11);1-7H. The topological polar surface area (TPSA) is 181 Å². The lowest BCUT2D eigenvalue weighted by Crippen LogP contribution is -2.14. The number of pyridine rings is 5. The average Bonchev–Trinajstić information content (AvgIpc) is 3.28. The van der Waals surface area contributed by atoms with Gasteiger partial charge in [0.25, 0.3) is 22.4 Å². The fraction of sp³-hybridized carbons (Fsp3) is 0.0625. The van der Waals surface area contributed by atoms with Gasteiger partial charge in [-0.05, 0) is 83.6 Å². The Morgan fingerprint density at radius 1 is 0.508 bits per heavy atom. The zero-order valence-electron chi connectivity index (χ0n) is 33.5. The molecule has 0 bridgehead atoms. The number of nitrogens with one attached hydrogen (secondary N) is 1. The molecule has 0 unspecified atom stereocenters. The molecule has 0 saturated heterocycles. The summed E-state index contributed by atoms with van der Waals surface area (Å²) in [6.45, 7) is 0. The highest BCUT2D eigenvalue weighted by Gasteiger charge is 2.07. The molecule has 0 radical (unpaired) electrons. The number of aromatic nitrogens is 5. The fourth-order valence-electron chi connectivity index (χ4n) is 6.33. The number of hydrogen-bond donors (Lipinski definition) is 2. The maximum absolute atomic E-state index is 11.3. The molecule has 13 nitrogen and oxygen atoms in total. The van der Waals surface area contributed by atoms with Crippen LogP contribution < -0.4 is 28.0 Å². The van der Waals surface area contributed by atoms with Gasteiger partial charge < -0.3 is 24.4 Å². The number of aryl methyl sites for hydroxylation is 3. The van der Waals surface area contributed by atoms with Crippen molar-refractivity contribution in [1.82, 2.24) is 23.7 Å². The summed E-state index contributed by atoms with van der Waals surface area (Å²) in [5.74, 6) is 0. The number of rotatable bonds is 1. The van der Waals surface area contributed by atoms with E-state index in [0.29, 0.717) is 16.6 Å². The molecule has 0 aliphatic rings. The smallest absolute Gasteiger partial charge is 0.270 e. The summed E-state index contributed by atoms with van der Waals surface area (Å²) in [5, 5.41) is 15.6. The van der Waals surface area contributed by atoms with E-state index in [9.17, 15) is 29.3 Å². The Labute approximate surface area is 348 Å². The molecule has 0 fully saturated rings. The first kappa shape index (κ1) is 42.2. The van der Waals surface area contributed by atoms with Gasteiger partial charge >= 0.3 is 0 Å². The second-order valence-corrected chi connectivity index (χ2v) is 13.7. The predicted molar refractivity (Wildman–Crippen MR) is 245 cm³/mol. The minimum atomic E-state index is -0.454. The van der Waals surface area contributed by atoms with Crippen molar-refractivity contribution in [2.45, 2.75) is 0 Å². The number of anilines is 1. The molecule has 13 heteroatoms. The lowest BCUT2D eigenvalue weighted by atomic mass is 10.2. The Bertz CT molecular complexity index is 3340. The van der Waals surface area contributed by atoms with Gasteiger partial charge in [0.1, 0.15) is 0 Å². The Morgan fingerprint density at radius 3 is 1.64 bits per heavy atom. The van der Waals surface area contributed by atoms with Gasteiger partial charge in [0.05, 0.1) is 27.0 Å². The molecule has 10 rings (SSSR count). The molecular formula is C48H41N7O6. The van der Waals surface area contributed by atoms with Crippen LogP contribution in [0.3, 0.4) is 0 Å². The molecule has 5 aromatic carbocycles. The molecule has 0 aliphatic carbocycles. The molecule has 3 N–H and O–H groups in total. The molecule has 5 aromatic heterocycles. The Morgan fingerprint density at radius 2 is 1.00 bits per heavy atom. The van der Waals surface area contributed by atoms with E-state index in [-0.39, 0.29) is 27.9 Å². The van der Waals surface area contributed by atoms with Crippen LogP contribution in [-0.4, -0.2) is 28.6 Å². The normalized spacial score (nSPS) is 10.3. The van der Waals surface area contributed by atoms with Gasteiger partial charge in [-0.1, -0.05) is 60.7 Å². The predicted octanol–water partition coefficient (Wildman–Crippen LogP) is 7.87. The van der Waals surface area contributed by atoms with E-state index in [1.165, 1.54) is 34.2 Å². The van der Waals surface area contributed by atoms with Crippen molar-refractivity contribution in [2.24, 2.45) is 21.1 Å². The van der Waals surface area contributed by atoms with Crippen molar-refractivity contribution in [1.29, 1.82) is 0 Å². The zero-order valence-corrected chi connectivity index (χ0v) is 33.5. The van der Waals surface area contributed by atoms with E-state index < -0.39 is 4.92 Å². The number of nitrogens with zero attached hydrogens (tertiary/aromatic N) is 5. The molecular weight excluding hydrogens is 771 g/mol. The summed E-state index contributed by atoms with van der Waals surface area (Å²) in [4.78, 5) is 61.5. The van der Waals surface area contributed by atoms with Crippen LogP contribution in [0.15, 0.2) is 195 Å². The maximum Gasteiger partial charge on any atom is 0.270 e. The number of benzene rings is 5. The summed E-state index contributed by atoms with van der Waals surface area (Å²) in [5.41, 5.74) is 10.7. The molecule has 10 aromatic rings. The number of nitrogens with two attached hydrogens (primary N) is 1. The van der Waals surface area contributed by atoms with E-state index in [1.54, 1.807) is 66.7 Å². The van der Waals surface area contributed by atoms with Crippen LogP contribution in [-0.2, 0) is 21.1 Å². The Hall–Kier alpha value is -8.45. The number of non-ortho nitro benzene ring substituents is 1. The molecule has 0 spiro atoms. The highest BCUT2D eigenvalue weighted by Crippen LogP contribution is 2.19. The molecule has 0 saturated carbocycles. The third-order valence-electron chi connectivity index (χ3n) is 9.65. The van der Waals surface area contributed by atoms with Crippen LogP contribution >= 0.6 is 0 Å². The van der Waals surface area contributed by atoms with Gasteiger partial charge in [0, 0.05) is 91.1 Å². The lowest BCUT2D eigenvalue weighted by molar-refractivity contribution is -0.384. The summed E-state index contributed by atoms with van der Waals surface area (Å²) in [6, 6.07) is 50.6. The second kappa shape index (κ2) is 19.3. The minimum absolute atomic E-state index is 0.00253. The SMILES string of the molecule is Cn1c(=O)ccc2cc(N)ccc21.Cn1c(=O)ccc2cc([N+](=O)[O-])ccc21.Cn1c(=O)ccc2ccccc21.O=c1ccc2ccccc2[nH]1.c1ccc2ncccc2c1. The van der Waals surface area contributed by atoms with E-state index in [2.05, 4.69) is 22.1 Å². The second-order valence-electron chi connectivity index (χ2n) is 13.7. The highest BCUT2D eigenvalue weighted by molar-refractivity contribution is 5.83. The molecule has 0 aliphatic heterocycles. The van der Waals surface area contributed by atoms with Crippen LogP contribution in [0.5, 0.6) is 0 Å². The van der Waals surface area contributed by atoms with Crippen LogP contribution in [0, 0.1) is 10.1 Å². The third kappa shape index (κ3) is 10.5. The molecule has 5 heterocycles. The summed E-state index contributed by atoms with van der Waals surface area (Å²) < 4.78 is 4.71. The molecule has 0 amide bonds. The van der Waals surface area contributed by atoms with Crippen molar-refractivity contribution in [3.63, 3.8) is 0 Å². The van der Waals surface area contributed by atoms with Crippen LogP contribution in [0.4, 0.5) is 11.4 Å². The Kier molecular flexibility index (Phi) is 13.4. The number of nitro benzene ring substituents is 1. The van der Waals surface area contributed by atoms with Crippen LogP contribution in [0.1, 0.15) is 0 Å². The van der Waals surface area contributed by atoms with Gasteiger partial charge in [-0.25, -0.2) is 0 Å². The van der Waals surface area contributed by atoms with Gasteiger partial charge in [-0.3, -0.25) is 34.3 Å². The summed E-state index contributed by atoms with van der Waals surface area (Å²) in [6.07, 6.45) is 1.81. The number of para-hydroxylation sites is 3. The summed E-state index contributed by atoms with van der Waals surface area (Å²) in [7, 11) is 5.17. The number of hydrogen-bond acceptors (Lipinski definition) is 8. The van der Waals surface area contributed by atoms with Crippen LogP contribution in [0.2, 0.25) is 0 Å². The first-order chi connectivity index (χ1) is 29.4. The van der Waals surface area contributed by atoms with Gasteiger partial charge in [0.15, 0.2) is 0 Å². The van der Waals surface area contributed by atoms with Crippen molar-refractivity contribution in [2.75, 3.05) is 5.73 Å². The van der Waals surface area contributed by atoms with E-state index in [1.807, 2.05) is 103 Å². The molecule has 304 valence electrons. The van der Waals surface area contributed by atoms with E-state index in [0.717, 1.165) is 38.2 Å². The van der Waals surface area contributed by atoms with Gasteiger partial charge in [-0.2, -0.15) is 0 Å². The number of H-pyrrole nitrogens is 1. The van der Waals surface area contributed by atoms with Crippen molar-refractivity contribution >= 4 is 65.9 Å². The van der Waals surface area contributed by atoms with E-state index >= 15 is 0 Å². The fourth-order valence-corrected chi connectivity index (χ4v) is 6.33. The molecule has 61 heavy (non-hydrogen) atoms. The number of aromatic amines is 1. The quantitative estimate of drug-likeness (QED) is 0.0955. The van der Waals surface area contributed by atoms with Gasteiger partial charge in [-0.15, -0.1) is 0 Å². The van der Waals surface area contributed by atoms with Crippen molar-refractivity contribution in [3.8, 4) is 0 Å². The van der Waals surface area contributed by atoms with Gasteiger partial charge in [0.2, 0.25) is 5.56 Å². The largest absolute Gasteiger partial charge is 0.399 e. The van der Waals surface area contributed by atoms with Crippen molar-refractivity contribution in [3.05, 3.63) is 228 Å². The Balaban J connectivity index is 0.000000128. The maximum atomic E-state index is 11.3. The van der Waals surface area contributed by atoms with Crippen molar-refractivity contribution < 1.29 is 4.92 Å². The zero-order chi connectivity index (χ0) is 43.5. The molecule has 0 atom stereocenters. The van der Waals surface area contributed by atoms with Crippen LogP contribution in [0.25, 0.3) is 54.5 Å². The minimum Gasteiger partial charge on any atom is -0.399 e. The first-order valence-corrected chi connectivity index (χ1v) is 18.9. The lowest BCUT2D eigenvalue weighted by Gasteiger charge is -2.03. The van der Waals surface area contributed by atoms with E-state index in [4.69, 9.17) is 5.73 Å². The summed E-state index contributed by atoms with van der Waals surface area (Å²) >= 11 is 0. The average molecular weight is 812 g/mol. The number of nitro groups is 1. The number of fused-ring (bicyclic) bond motifs is 5.